The van der Waals surface area contributed by atoms with Crippen LogP contribution in [0.2, 0.25) is 0 Å². The predicted octanol–water partition coefficient (Wildman–Crippen LogP) is 3.62. The zero-order valence-electron chi connectivity index (χ0n) is 15.3. The highest BCUT2D eigenvalue weighted by Crippen LogP contribution is 2.69. The lowest BCUT2D eigenvalue weighted by molar-refractivity contribution is -0.181. The van der Waals surface area contributed by atoms with E-state index in [9.17, 15) is 4.79 Å². The summed E-state index contributed by atoms with van der Waals surface area (Å²) in [5.74, 6) is 2.08. The summed E-state index contributed by atoms with van der Waals surface area (Å²) < 4.78 is 0. The summed E-state index contributed by atoms with van der Waals surface area (Å²) in [6, 6.07) is 0.686. The Balaban J connectivity index is 0.00000146. The fourth-order valence-electron chi connectivity index (χ4n) is 8.25. The van der Waals surface area contributed by atoms with E-state index in [-0.39, 0.29) is 17.8 Å². The number of hydrogen-bond donors (Lipinski definition) is 1. The van der Waals surface area contributed by atoms with Crippen LogP contribution in [0, 0.1) is 28.1 Å². The number of piperidine rings is 1. The van der Waals surface area contributed by atoms with Crippen molar-refractivity contribution in [1.82, 2.24) is 10.2 Å². The molecule has 6 aliphatic rings. The number of halogens is 1. The number of amides is 1. The minimum atomic E-state index is 0. The van der Waals surface area contributed by atoms with Crippen molar-refractivity contribution in [3.05, 3.63) is 0 Å². The Hall–Kier alpha value is -0.280. The molecule has 24 heavy (non-hydrogen) atoms. The van der Waals surface area contributed by atoms with Crippen molar-refractivity contribution >= 4 is 18.3 Å². The Kier molecular flexibility index (Phi) is 3.83. The molecule has 0 aromatic carbocycles. The number of nitrogens with zero attached hydrogens (tertiary/aromatic N) is 1. The summed E-state index contributed by atoms with van der Waals surface area (Å²) in [5.41, 5.74) is 0.885. The molecule has 4 saturated carbocycles. The first kappa shape index (κ1) is 17.1. The maximum atomic E-state index is 13.6. The summed E-state index contributed by atoms with van der Waals surface area (Å²) in [5, 5.41) is 3.63. The Morgan fingerprint density at radius 1 is 1.04 bits per heavy atom. The molecule has 136 valence electrons. The van der Waals surface area contributed by atoms with E-state index < -0.39 is 0 Å². The molecule has 0 aromatic heterocycles. The zero-order chi connectivity index (χ0) is 15.9. The second kappa shape index (κ2) is 5.36. The second-order valence-electron chi connectivity index (χ2n) is 10.6. The minimum Gasteiger partial charge on any atom is -0.342 e. The van der Waals surface area contributed by atoms with E-state index >= 15 is 0 Å². The molecule has 4 heteroatoms. The molecule has 6 fully saturated rings. The van der Waals surface area contributed by atoms with Crippen LogP contribution in [0.1, 0.15) is 65.2 Å². The van der Waals surface area contributed by atoms with E-state index in [1.54, 1.807) is 0 Å². The lowest BCUT2D eigenvalue weighted by atomic mass is 9.40. The van der Waals surface area contributed by atoms with Crippen molar-refractivity contribution in [2.75, 3.05) is 19.6 Å². The van der Waals surface area contributed by atoms with Gasteiger partial charge in [-0.25, -0.2) is 0 Å². The van der Waals surface area contributed by atoms with Gasteiger partial charge in [0.05, 0.1) is 5.41 Å². The topological polar surface area (TPSA) is 32.3 Å². The van der Waals surface area contributed by atoms with Crippen LogP contribution in [0.4, 0.5) is 0 Å². The highest BCUT2D eigenvalue weighted by Gasteiger charge is 2.63. The van der Waals surface area contributed by atoms with Crippen molar-refractivity contribution in [3.63, 3.8) is 0 Å². The number of carbonyl (C=O) groups excluding carboxylic acids is 1. The van der Waals surface area contributed by atoms with Crippen LogP contribution in [0.25, 0.3) is 0 Å². The van der Waals surface area contributed by atoms with Crippen LogP contribution in [-0.4, -0.2) is 36.5 Å². The minimum absolute atomic E-state index is 0. The SMILES string of the molecule is CC12CC3CC(C)(C1)CC(C(=O)N1CCC4NCCC4C1)(C3)C2.Cl. The van der Waals surface area contributed by atoms with Gasteiger partial charge in [0.15, 0.2) is 0 Å². The lowest BCUT2D eigenvalue weighted by Gasteiger charge is -2.65. The first-order valence-electron chi connectivity index (χ1n) is 9.92. The first-order valence-corrected chi connectivity index (χ1v) is 9.92. The van der Waals surface area contributed by atoms with Gasteiger partial charge in [-0.15, -0.1) is 12.4 Å². The van der Waals surface area contributed by atoms with Gasteiger partial charge in [0, 0.05) is 19.1 Å². The molecule has 6 rings (SSSR count). The van der Waals surface area contributed by atoms with Gasteiger partial charge in [0.2, 0.25) is 5.91 Å². The lowest BCUT2D eigenvalue weighted by Crippen LogP contribution is -2.61. The molecule has 0 spiro atoms. The van der Waals surface area contributed by atoms with Crippen LogP contribution in [0.3, 0.4) is 0 Å². The highest BCUT2D eigenvalue weighted by atomic mass is 35.5. The van der Waals surface area contributed by atoms with Gasteiger partial charge >= 0.3 is 0 Å². The van der Waals surface area contributed by atoms with Crippen molar-refractivity contribution in [1.29, 1.82) is 0 Å². The van der Waals surface area contributed by atoms with Crippen molar-refractivity contribution < 1.29 is 4.79 Å². The number of carbonyl (C=O) groups is 1. The largest absolute Gasteiger partial charge is 0.342 e. The molecule has 0 radical (unpaired) electrons. The predicted molar refractivity (Wildman–Crippen MR) is 98.2 cm³/mol. The monoisotopic (exact) mass is 352 g/mol. The Morgan fingerprint density at radius 3 is 2.42 bits per heavy atom. The van der Waals surface area contributed by atoms with Gasteiger partial charge in [-0.05, 0) is 80.6 Å². The van der Waals surface area contributed by atoms with Gasteiger partial charge in [0.25, 0.3) is 0 Å². The molecule has 4 aliphatic carbocycles. The normalized spacial score (nSPS) is 52.1. The highest BCUT2D eigenvalue weighted by molar-refractivity contribution is 5.85. The number of fused-ring (bicyclic) bond motifs is 1. The molecule has 2 saturated heterocycles. The summed E-state index contributed by atoms with van der Waals surface area (Å²) in [7, 11) is 0. The van der Waals surface area contributed by atoms with Gasteiger partial charge in [-0.1, -0.05) is 13.8 Å². The van der Waals surface area contributed by atoms with Crippen LogP contribution < -0.4 is 5.32 Å². The average Bonchev–Trinajstić information content (AvgIpc) is 2.89. The number of rotatable bonds is 1. The van der Waals surface area contributed by atoms with Crippen LogP contribution in [-0.2, 0) is 4.79 Å². The van der Waals surface area contributed by atoms with Gasteiger partial charge in [-0.2, -0.15) is 0 Å². The molecule has 4 atom stereocenters. The molecule has 2 aliphatic heterocycles. The van der Waals surface area contributed by atoms with Crippen LogP contribution in [0.5, 0.6) is 0 Å². The maximum Gasteiger partial charge on any atom is 0.228 e. The molecule has 1 N–H and O–H groups in total. The average molecular weight is 353 g/mol. The van der Waals surface area contributed by atoms with Crippen LogP contribution >= 0.6 is 12.4 Å². The van der Waals surface area contributed by atoms with Crippen molar-refractivity contribution in [2.24, 2.45) is 28.1 Å². The summed E-state index contributed by atoms with van der Waals surface area (Å²) in [6.07, 6.45) is 10.1. The Labute approximate surface area is 152 Å². The van der Waals surface area contributed by atoms with Gasteiger partial charge < -0.3 is 10.2 Å². The van der Waals surface area contributed by atoms with E-state index in [0.717, 1.165) is 25.6 Å². The molecule has 2 heterocycles. The number of nitrogens with one attached hydrogen (secondary N) is 1. The molecule has 3 nitrogen and oxygen atoms in total. The second-order valence-corrected chi connectivity index (χ2v) is 10.6. The number of likely N-dealkylation sites (tertiary alicyclic amines) is 1. The fraction of sp³-hybridized carbons (Fsp3) is 0.950. The molecule has 4 unspecified atom stereocenters. The third-order valence-electron chi connectivity index (χ3n) is 8.02. The Morgan fingerprint density at radius 2 is 1.75 bits per heavy atom. The van der Waals surface area contributed by atoms with Gasteiger partial charge in [0.1, 0.15) is 0 Å². The molecule has 0 aromatic rings. The van der Waals surface area contributed by atoms with E-state index in [0.29, 0.717) is 28.7 Å². The van der Waals surface area contributed by atoms with E-state index in [4.69, 9.17) is 0 Å². The smallest absolute Gasteiger partial charge is 0.228 e. The summed E-state index contributed by atoms with van der Waals surface area (Å²) >= 11 is 0. The third-order valence-corrected chi connectivity index (χ3v) is 8.02. The maximum absolute atomic E-state index is 13.6. The third kappa shape index (κ3) is 2.45. The van der Waals surface area contributed by atoms with Crippen LogP contribution in [0.15, 0.2) is 0 Å². The molecular formula is C20H33ClN2O. The van der Waals surface area contributed by atoms with Crippen molar-refractivity contribution in [3.8, 4) is 0 Å². The first-order chi connectivity index (χ1) is 10.9. The molecule has 4 bridgehead atoms. The quantitative estimate of drug-likeness (QED) is 0.781. The van der Waals surface area contributed by atoms with E-state index in [1.165, 1.54) is 51.4 Å². The van der Waals surface area contributed by atoms with Gasteiger partial charge in [-0.3, -0.25) is 4.79 Å². The van der Waals surface area contributed by atoms with E-state index in [1.807, 2.05) is 0 Å². The number of hydrogen-bond acceptors (Lipinski definition) is 2. The zero-order valence-corrected chi connectivity index (χ0v) is 16.1. The standard InChI is InChI=1S/C20H32N2O.ClH/c1-18-7-14-8-19(2,11-18)13-20(9-14,12-18)17(23)22-6-4-16-15(10-22)3-5-21-16;/h14-16,21H,3-13H2,1-2H3;1H. The summed E-state index contributed by atoms with van der Waals surface area (Å²) in [6.45, 7) is 8.12. The van der Waals surface area contributed by atoms with Crippen molar-refractivity contribution in [2.45, 2.75) is 71.3 Å². The Bertz CT molecular complexity index is 532. The summed E-state index contributed by atoms with van der Waals surface area (Å²) in [4.78, 5) is 15.9. The fourth-order valence-corrected chi connectivity index (χ4v) is 8.25. The molecule has 1 amide bonds. The van der Waals surface area contributed by atoms with E-state index in [2.05, 4.69) is 24.1 Å². The molecular weight excluding hydrogens is 320 g/mol.